The first-order valence-electron chi connectivity index (χ1n) is 14.1. The van der Waals surface area contributed by atoms with Gasteiger partial charge in [-0.25, -0.2) is 9.59 Å². The lowest BCUT2D eigenvalue weighted by molar-refractivity contribution is -0.383. The van der Waals surface area contributed by atoms with Crippen LogP contribution in [0, 0.1) is 20.2 Å². The summed E-state index contributed by atoms with van der Waals surface area (Å²) in [6.07, 6.45) is 0. The maximum atomic E-state index is 10.5. The zero-order chi connectivity index (χ0) is 39.7. The topological polar surface area (TPSA) is 323 Å². The first kappa shape index (κ1) is 45.5. The number of hydrogen-bond acceptors (Lipinski definition) is 14. The van der Waals surface area contributed by atoms with Gasteiger partial charge in [0.2, 0.25) is 0 Å². The highest BCUT2D eigenvalue weighted by Gasteiger charge is 2.25. The molecule has 4 rings (SSSR count). The second-order valence-corrected chi connectivity index (χ2v) is 11.0. The molecule has 4 aromatic carbocycles. The Balaban J connectivity index is 0.000000349. The van der Waals surface area contributed by atoms with Crippen molar-refractivity contribution in [3.05, 3.63) is 127 Å². The Bertz CT molecular complexity index is 1820. The van der Waals surface area contributed by atoms with E-state index in [2.05, 4.69) is 31.9 Å². The van der Waals surface area contributed by atoms with Crippen molar-refractivity contribution in [2.75, 3.05) is 0 Å². The van der Waals surface area contributed by atoms with E-state index in [9.17, 15) is 29.8 Å². The van der Waals surface area contributed by atoms with Gasteiger partial charge >= 0.3 is 40.4 Å². The number of hydrogen-bond donors (Lipinski definition) is 10. The molecular weight excluding hydrogens is 823 g/mol. The molecule has 0 aliphatic heterocycles. The number of nitrogens with zero attached hydrogens (tertiary/aromatic N) is 2. The van der Waals surface area contributed by atoms with E-state index in [0.717, 1.165) is 34.7 Å². The molecule has 0 aromatic heterocycles. The smallest absolute Gasteiger partial charge is 0.478 e. The number of carboxylic acids is 2. The third kappa shape index (κ3) is 15.0. The molecule has 0 unspecified atom stereocenters. The molecule has 0 spiro atoms. The molecule has 18 nitrogen and oxygen atoms in total. The Morgan fingerprint density at radius 3 is 1.44 bits per heavy atom. The van der Waals surface area contributed by atoms with Crippen LogP contribution in [-0.4, -0.2) is 101 Å². The predicted molar refractivity (Wildman–Crippen MR) is 198 cm³/mol. The van der Waals surface area contributed by atoms with Crippen LogP contribution in [0.2, 0.25) is 0 Å². The van der Waals surface area contributed by atoms with Gasteiger partial charge in [0.05, 0.1) is 31.9 Å². The van der Waals surface area contributed by atoms with Crippen molar-refractivity contribution in [2.24, 2.45) is 0 Å². The Hall–Kier alpha value is -4.48. The van der Waals surface area contributed by atoms with Crippen LogP contribution in [0.3, 0.4) is 0 Å². The van der Waals surface area contributed by atoms with Gasteiger partial charge in [0.1, 0.15) is 0 Å². The minimum Gasteiger partial charge on any atom is -0.478 e. The van der Waals surface area contributed by atoms with Gasteiger partial charge in [0.15, 0.2) is 0 Å². The lowest BCUT2D eigenvalue weighted by Crippen LogP contribution is -2.32. The highest BCUT2D eigenvalue weighted by atomic mass is 79.9. The molecule has 0 saturated heterocycles. The van der Waals surface area contributed by atoms with Gasteiger partial charge in [-0.3, -0.25) is 20.2 Å². The van der Waals surface area contributed by atoms with E-state index in [1.807, 2.05) is 6.07 Å². The summed E-state index contributed by atoms with van der Waals surface area (Å²) >= 11 is 6.45. The molecule has 10 N–H and O–H groups in total. The van der Waals surface area contributed by atoms with Crippen LogP contribution in [0.25, 0.3) is 0 Å². The van der Waals surface area contributed by atoms with Crippen LogP contribution in [-0.2, 0) is 10.7 Å². The van der Waals surface area contributed by atoms with Gasteiger partial charge in [-0.05, 0) is 40.3 Å². The number of nitro groups is 2. The summed E-state index contributed by atoms with van der Waals surface area (Å²) in [4.78, 5) is 40.3. The molecule has 0 heterocycles. The summed E-state index contributed by atoms with van der Waals surface area (Å²) in [6, 6.07) is 19.5. The third-order valence-electron chi connectivity index (χ3n) is 6.33. The number of carboxylic acid groups (broad SMARTS) is 2. The van der Waals surface area contributed by atoms with Crippen molar-refractivity contribution in [3.63, 3.8) is 0 Å². The number of carbonyl (C=O) groups is 2. The van der Waals surface area contributed by atoms with Gasteiger partial charge < -0.3 is 50.4 Å². The first-order valence-corrected chi connectivity index (χ1v) is 16.4. The van der Waals surface area contributed by atoms with Gasteiger partial charge in [-0.1, -0.05) is 86.5 Å². The summed E-state index contributed by atoms with van der Waals surface area (Å²) in [6.45, 7) is 0. The van der Waals surface area contributed by atoms with Crippen LogP contribution in [0.1, 0.15) is 31.8 Å². The highest BCUT2D eigenvalue weighted by Crippen LogP contribution is 2.13. The number of benzene rings is 4. The highest BCUT2D eigenvalue weighted by molar-refractivity contribution is 9.08. The van der Waals surface area contributed by atoms with E-state index in [-0.39, 0.29) is 33.2 Å². The molecule has 52 heavy (non-hydrogen) atoms. The fourth-order valence-electron chi connectivity index (χ4n) is 3.75. The van der Waals surface area contributed by atoms with Crippen LogP contribution in [0.15, 0.2) is 84.9 Å². The molecule has 0 aliphatic rings. The SMILES string of the molecule is O=C(O)c1ccc(B(O)O)c([N+](=O)[O-])c1.O=C(O)c1ccc(B(O)O)cc1.O=[N+]([O-])c1ccc(CBr)cc1B(O)O.OB(O)c1cccc(CBr)c1. The fraction of sp³-hybridized carbons (Fsp3) is 0.0714. The molecule has 0 amide bonds. The van der Waals surface area contributed by atoms with Crippen molar-refractivity contribution >= 4 is 105 Å². The summed E-state index contributed by atoms with van der Waals surface area (Å²) in [7, 11) is -6.75. The molecule has 0 aliphatic carbocycles. The van der Waals surface area contributed by atoms with Gasteiger partial charge in [-0.2, -0.15) is 0 Å². The maximum Gasteiger partial charge on any atom is 0.495 e. The van der Waals surface area contributed by atoms with Gasteiger partial charge in [0, 0.05) is 22.8 Å². The predicted octanol–water partition coefficient (Wildman–Crippen LogP) is -1.53. The first-order chi connectivity index (χ1) is 24.3. The monoisotopic (exact) mass is 850 g/mol. The van der Waals surface area contributed by atoms with Crippen LogP contribution >= 0.6 is 31.9 Å². The van der Waals surface area contributed by atoms with E-state index in [1.54, 1.807) is 24.3 Å². The Labute approximate surface area is 312 Å². The minimum absolute atomic E-state index is 0.0908. The maximum absolute atomic E-state index is 10.5. The fourth-order valence-corrected chi connectivity index (χ4v) is 4.45. The molecule has 24 heteroatoms. The summed E-state index contributed by atoms with van der Waals surface area (Å²) in [5, 5.41) is 110. The molecule has 4 aromatic rings. The number of nitro benzene ring substituents is 2. The standard InChI is InChI=1S/C7H7BBrNO4.C7H8BBrO2.C7H6BNO6.C7H7BO4/c9-4-5-1-2-7(10(13)14)6(3-5)8(11)12;9-5-6-2-1-3-7(4-6)8(10)11;10-7(11)4-1-2-5(8(12)13)6(3-4)9(14)15;9-7(10)5-1-3-6(4-2-5)8(11)12/h1-3,11-12H,4H2;1-4,10-11H,5H2;1-3,12-13H,(H,10,11);1-4,11-12H,(H,9,10). The second kappa shape index (κ2) is 22.5. The molecule has 272 valence electrons. The van der Waals surface area contributed by atoms with Gasteiger partial charge in [-0.15, -0.1) is 0 Å². The average molecular weight is 852 g/mol. The zero-order valence-corrected chi connectivity index (χ0v) is 29.6. The third-order valence-corrected chi connectivity index (χ3v) is 7.63. The van der Waals surface area contributed by atoms with Crippen molar-refractivity contribution < 1.29 is 69.8 Å². The van der Waals surface area contributed by atoms with E-state index in [4.69, 9.17) is 50.4 Å². The van der Waals surface area contributed by atoms with Crippen molar-refractivity contribution in [1.29, 1.82) is 0 Å². The number of alkyl halides is 2. The molecule has 0 radical (unpaired) electrons. The lowest BCUT2D eigenvalue weighted by atomic mass is 9.78. The Kier molecular flexibility index (Phi) is 19.7. The normalized spacial score (nSPS) is 9.73. The number of halogens is 2. The molecule has 0 fully saturated rings. The summed E-state index contributed by atoms with van der Waals surface area (Å²) in [5.74, 6) is -2.36. The van der Waals surface area contributed by atoms with Crippen molar-refractivity contribution in [2.45, 2.75) is 10.7 Å². The summed E-state index contributed by atoms with van der Waals surface area (Å²) in [5.41, 5.74) is 1.08. The van der Waals surface area contributed by atoms with Crippen LogP contribution in [0.5, 0.6) is 0 Å². The zero-order valence-electron chi connectivity index (χ0n) is 26.4. The average Bonchev–Trinajstić information content (AvgIpc) is 3.11. The Morgan fingerprint density at radius 2 is 1.02 bits per heavy atom. The minimum atomic E-state index is -2.01. The van der Waals surface area contributed by atoms with Gasteiger partial charge in [0.25, 0.3) is 11.4 Å². The largest absolute Gasteiger partial charge is 0.495 e. The van der Waals surface area contributed by atoms with Crippen molar-refractivity contribution in [3.8, 4) is 0 Å². The second-order valence-electron chi connectivity index (χ2n) is 9.92. The number of rotatable bonds is 10. The summed E-state index contributed by atoms with van der Waals surface area (Å²) < 4.78 is 0. The van der Waals surface area contributed by atoms with E-state index < -0.39 is 55.9 Å². The van der Waals surface area contributed by atoms with Crippen LogP contribution in [0.4, 0.5) is 11.4 Å². The molecule has 0 bridgehead atoms. The Morgan fingerprint density at radius 1 is 0.538 bits per heavy atom. The number of aromatic carboxylic acids is 2. The van der Waals surface area contributed by atoms with Crippen LogP contribution < -0.4 is 21.9 Å². The van der Waals surface area contributed by atoms with E-state index in [0.29, 0.717) is 10.8 Å². The lowest BCUT2D eigenvalue weighted by Gasteiger charge is -2.03. The molecule has 0 saturated carbocycles. The quantitative estimate of drug-likeness (QED) is 0.0374. The molecule has 0 atom stereocenters. The van der Waals surface area contributed by atoms with E-state index in [1.165, 1.54) is 36.4 Å². The molecular formula is C28H28B4Br2N2O16. The van der Waals surface area contributed by atoms with Crippen molar-refractivity contribution in [1.82, 2.24) is 0 Å². The van der Waals surface area contributed by atoms with E-state index >= 15 is 0 Å².